The minimum atomic E-state index is -0.839. The average Bonchev–Trinajstić information content (AvgIpc) is 2.64. The van der Waals surface area contributed by atoms with Gasteiger partial charge in [0.05, 0.1) is 6.07 Å². The van der Waals surface area contributed by atoms with Gasteiger partial charge in [0.15, 0.2) is 0 Å². The Morgan fingerprint density at radius 2 is 1.65 bits per heavy atom. The maximum Gasteiger partial charge on any atom is 0.252 e. The van der Waals surface area contributed by atoms with Gasteiger partial charge in [-0.1, -0.05) is 25.7 Å². The van der Waals surface area contributed by atoms with Crippen molar-refractivity contribution in [2.45, 2.75) is 44.1 Å². The molecule has 5 heteroatoms. The van der Waals surface area contributed by atoms with Gasteiger partial charge in [0.25, 0.3) is 5.91 Å². The number of rotatable bonds is 2. The van der Waals surface area contributed by atoms with Crippen LogP contribution in [0.3, 0.4) is 0 Å². The van der Waals surface area contributed by atoms with Gasteiger partial charge in [-0.15, -0.1) is 0 Å². The van der Waals surface area contributed by atoms with E-state index in [1.165, 1.54) is 12.1 Å². The van der Waals surface area contributed by atoms with E-state index in [0.29, 0.717) is 12.8 Å². The summed E-state index contributed by atoms with van der Waals surface area (Å²) < 4.78 is 0. The summed E-state index contributed by atoms with van der Waals surface area (Å²) in [4.78, 5) is 12.2. The van der Waals surface area contributed by atoms with Gasteiger partial charge in [0.2, 0.25) is 0 Å². The van der Waals surface area contributed by atoms with E-state index in [0.717, 1.165) is 31.7 Å². The summed E-state index contributed by atoms with van der Waals surface area (Å²) in [6, 6.07) is 5.93. The van der Waals surface area contributed by atoms with Crippen LogP contribution in [0, 0.1) is 11.3 Å². The van der Waals surface area contributed by atoms with Gasteiger partial charge >= 0.3 is 0 Å². The molecule has 0 saturated heterocycles. The predicted molar refractivity (Wildman–Crippen MR) is 73.3 cm³/mol. The number of benzene rings is 1. The Morgan fingerprint density at radius 1 is 1.10 bits per heavy atom. The van der Waals surface area contributed by atoms with Crippen LogP contribution in [0.15, 0.2) is 18.2 Å². The molecule has 0 heterocycles. The number of aromatic hydroxyl groups is 2. The third-order valence-electron chi connectivity index (χ3n) is 3.69. The number of phenols is 2. The minimum Gasteiger partial charge on any atom is -0.508 e. The fraction of sp³-hybridized carbons (Fsp3) is 0.467. The molecule has 106 valence electrons. The highest BCUT2D eigenvalue weighted by Gasteiger charge is 2.32. The second kappa shape index (κ2) is 5.83. The first-order valence-corrected chi connectivity index (χ1v) is 6.81. The molecule has 0 bridgehead atoms. The zero-order chi connectivity index (χ0) is 14.6. The second-order valence-corrected chi connectivity index (χ2v) is 5.30. The second-order valence-electron chi connectivity index (χ2n) is 5.30. The number of nitriles is 1. The van der Waals surface area contributed by atoms with E-state index >= 15 is 0 Å². The molecule has 20 heavy (non-hydrogen) atoms. The van der Waals surface area contributed by atoms with Gasteiger partial charge in [-0.25, -0.2) is 0 Å². The van der Waals surface area contributed by atoms with Crippen molar-refractivity contribution in [2.24, 2.45) is 0 Å². The maximum atomic E-state index is 12.2. The highest BCUT2D eigenvalue weighted by atomic mass is 16.3. The summed E-state index contributed by atoms with van der Waals surface area (Å²) in [5.74, 6) is -0.802. The molecular weight excluding hydrogens is 256 g/mol. The van der Waals surface area contributed by atoms with E-state index in [-0.39, 0.29) is 17.1 Å². The number of amides is 1. The van der Waals surface area contributed by atoms with Gasteiger partial charge in [0.1, 0.15) is 17.0 Å². The maximum absolute atomic E-state index is 12.2. The molecule has 1 saturated carbocycles. The molecule has 1 fully saturated rings. The van der Waals surface area contributed by atoms with Crippen LogP contribution in [-0.2, 0) is 0 Å². The number of carbonyl (C=O) groups is 1. The Hall–Kier alpha value is -2.22. The Morgan fingerprint density at radius 3 is 2.15 bits per heavy atom. The fourth-order valence-corrected chi connectivity index (χ4v) is 2.61. The Balaban J connectivity index is 2.18. The number of hydrogen-bond acceptors (Lipinski definition) is 4. The zero-order valence-electron chi connectivity index (χ0n) is 11.2. The first-order valence-electron chi connectivity index (χ1n) is 6.81. The Labute approximate surface area is 117 Å². The SMILES string of the molecule is N#CC1(NC(=O)c2cc(O)cc(O)c2)CCCCCC1. The van der Waals surface area contributed by atoms with Crippen LogP contribution in [0.4, 0.5) is 0 Å². The molecule has 0 atom stereocenters. The van der Waals surface area contributed by atoms with Gasteiger partial charge in [-0.05, 0) is 25.0 Å². The van der Waals surface area contributed by atoms with E-state index in [1.807, 2.05) is 0 Å². The van der Waals surface area contributed by atoms with Crippen LogP contribution in [0.25, 0.3) is 0 Å². The standard InChI is InChI=1S/C15H18N2O3/c16-10-15(5-3-1-2-4-6-15)17-14(20)11-7-12(18)9-13(19)8-11/h7-9,18-19H,1-6H2,(H,17,20). The molecule has 2 rings (SSSR count). The lowest BCUT2D eigenvalue weighted by atomic mass is 9.91. The zero-order valence-corrected chi connectivity index (χ0v) is 11.2. The first kappa shape index (κ1) is 14.2. The molecule has 5 nitrogen and oxygen atoms in total. The van der Waals surface area contributed by atoms with E-state index in [4.69, 9.17) is 0 Å². The van der Waals surface area contributed by atoms with Crippen LogP contribution >= 0.6 is 0 Å². The minimum absolute atomic E-state index is 0.154. The lowest BCUT2D eigenvalue weighted by Gasteiger charge is -2.26. The topological polar surface area (TPSA) is 93.4 Å². The lowest BCUT2D eigenvalue weighted by molar-refractivity contribution is 0.0912. The monoisotopic (exact) mass is 274 g/mol. The van der Waals surface area contributed by atoms with E-state index in [2.05, 4.69) is 11.4 Å². The molecule has 0 spiro atoms. The van der Waals surface area contributed by atoms with Crippen LogP contribution in [0.5, 0.6) is 11.5 Å². The van der Waals surface area contributed by atoms with Crippen molar-refractivity contribution in [3.63, 3.8) is 0 Å². The third-order valence-corrected chi connectivity index (χ3v) is 3.69. The molecule has 1 aromatic carbocycles. The van der Waals surface area contributed by atoms with Gasteiger partial charge in [0, 0.05) is 11.6 Å². The van der Waals surface area contributed by atoms with E-state index in [9.17, 15) is 20.3 Å². The fourth-order valence-electron chi connectivity index (χ4n) is 2.61. The predicted octanol–water partition coefficient (Wildman–Crippen LogP) is 2.44. The first-order chi connectivity index (χ1) is 9.54. The molecule has 1 aromatic rings. The summed E-state index contributed by atoms with van der Waals surface area (Å²) in [5, 5.41) is 31.0. The van der Waals surface area contributed by atoms with E-state index < -0.39 is 11.4 Å². The van der Waals surface area contributed by atoms with Crippen LogP contribution in [-0.4, -0.2) is 21.7 Å². The van der Waals surface area contributed by atoms with Crippen molar-refractivity contribution < 1.29 is 15.0 Å². The van der Waals surface area contributed by atoms with Crippen molar-refractivity contribution >= 4 is 5.91 Å². The smallest absolute Gasteiger partial charge is 0.252 e. The summed E-state index contributed by atoms with van der Waals surface area (Å²) in [6.45, 7) is 0. The molecule has 0 aromatic heterocycles. The van der Waals surface area contributed by atoms with Crippen molar-refractivity contribution in [3.05, 3.63) is 23.8 Å². The third kappa shape index (κ3) is 3.21. The molecule has 0 aliphatic heterocycles. The lowest BCUT2D eigenvalue weighted by Crippen LogP contribution is -2.47. The molecule has 1 aliphatic rings. The van der Waals surface area contributed by atoms with Crippen LogP contribution in [0.1, 0.15) is 48.9 Å². The van der Waals surface area contributed by atoms with Crippen LogP contribution in [0.2, 0.25) is 0 Å². The number of nitrogens with one attached hydrogen (secondary N) is 1. The van der Waals surface area contributed by atoms with Crippen molar-refractivity contribution in [3.8, 4) is 17.6 Å². The summed E-state index contributed by atoms with van der Waals surface area (Å²) >= 11 is 0. The largest absolute Gasteiger partial charge is 0.508 e. The summed E-state index contributed by atoms with van der Waals surface area (Å²) in [6.07, 6.45) is 5.26. The Bertz CT molecular complexity index is 520. The number of phenolic OH excluding ortho intramolecular Hbond substituents is 2. The summed E-state index contributed by atoms with van der Waals surface area (Å²) in [7, 11) is 0. The van der Waals surface area contributed by atoms with Crippen molar-refractivity contribution in [2.75, 3.05) is 0 Å². The van der Waals surface area contributed by atoms with Gasteiger partial charge < -0.3 is 15.5 Å². The normalized spacial score (nSPS) is 17.8. The molecule has 3 N–H and O–H groups in total. The quantitative estimate of drug-likeness (QED) is 0.722. The van der Waals surface area contributed by atoms with Gasteiger partial charge in [-0.2, -0.15) is 5.26 Å². The Kier molecular flexibility index (Phi) is 4.14. The molecule has 1 aliphatic carbocycles. The summed E-state index contributed by atoms with van der Waals surface area (Å²) in [5.41, 5.74) is -0.685. The molecular formula is C15H18N2O3. The molecule has 0 radical (unpaired) electrons. The van der Waals surface area contributed by atoms with Crippen LogP contribution < -0.4 is 5.32 Å². The highest BCUT2D eigenvalue weighted by molar-refractivity contribution is 5.95. The number of carbonyl (C=O) groups excluding carboxylic acids is 1. The number of hydrogen-bond donors (Lipinski definition) is 3. The van der Waals surface area contributed by atoms with Crippen molar-refractivity contribution in [1.82, 2.24) is 5.32 Å². The number of nitrogens with zero attached hydrogens (tertiary/aromatic N) is 1. The average molecular weight is 274 g/mol. The molecule has 1 amide bonds. The van der Waals surface area contributed by atoms with Gasteiger partial charge in [-0.3, -0.25) is 4.79 Å². The van der Waals surface area contributed by atoms with E-state index in [1.54, 1.807) is 0 Å². The highest BCUT2D eigenvalue weighted by Crippen LogP contribution is 2.27. The molecule has 0 unspecified atom stereocenters. The van der Waals surface area contributed by atoms with Crippen molar-refractivity contribution in [1.29, 1.82) is 5.26 Å².